The maximum absolute atomic E-state index is 13.9. The van der Waals surface area contributed by atoms with Crippen LogP contribution >= 0.6 is 11.3 Å². The van der Waals surface area contributed by atoms with Gasteiger partial charge in [-0.2, -0.15) is 0 Å². The first kappa shape index (κ1) is 30.4. The van der Waals surface area contributed by atoms with E-state index >= 15 is 0 Å². The number of anilines is 1. The lowest BCUT2D eigenvalue weighted by Crippen LogP contribution is -2.52. The second kappa shape index (κ2) is 13.7. The summed E-state index contributed by atoms with van der Waals surface area (Å²) in [5.41, 5.74) is 0.625. The summed E-state index contributed by atoms with van der Waals surface area (Å²) in [6.45, 7) is 7.33. The molecule has 0 unspecified atom stereocenters. The number of thiophene rings is 1. The van der Waals surface area contributed by atoms with Crippen molar-refractivity contribution < 1.29 is 28.7 Å². The molecule has 10 heteroatoms. The number of carbonyl (C=O) groups excluding carboxylic acids is 4. The summed E-state index contributed by atoms with van der Waals surface area (Å²) in [7, 11) is 1.52. The van der Waals surface area contributed by atoms with Crippen LogP contribution in [0.5, 0.6) is 5.75 Å². The van der Waals surface area contributed by atoms with Gasteiger partial charge in [0.2, 0.25) is 11.8 Å². The number of rotatable bonds is 12. The molecular formula is C30H35N3O6S. The fraction of sp³-hybridized carbons (Fsp3) is 0.333. The van der Waals surface area contributed by atoms with Crippen LogP contribution in [0.1, 0.15) is 65.8 Å². The number of amides is 3. The van der Waals surface area contributed by atoms with Crippen LogP contribution in [0, 0.1) is 0 Å². The van der Waals surface area contributed by atoms with Crippen molar-refractivity contribution in [1.82, 2.24) is 10.6 Å². The molecule has 40 heavy (non-hydrogen) atoms. The number of benzene rings is 2. The van der Waals surface area contributed by atoms with Gasteiger partial charge in [0, 0.05) is 11.2 Å². The van der Waals surface area contributed by atoms with E-state index < -0.39 is 35.3 Å². The lowest BCUT2D eigenvalue weighted by atomic mass is 9.98. The summed E-state index contributed by atoms with van der Waals surface area (Å²) in [6, 6.07) is 15.5. The van der Waals surface area contributed by atoms with Crippen molar-refractivity contribution in [2.75, 3.05) is 25.2 Å². The van der Waals surface area contributed by atoms with Crippen LogP contribution in [0.3, 0.4) is 0 Å². The molecule has 0 aliphatic carbocycles. The Hall–Kier alpha value is -4.18. The summed E-state index contributed by atoms with van der Waals surface area (Å²) in [6.07, 6.45) is 0.655. The van der Waals surface area contributed by atoms with Gasteiger partial charge in [-0.05, 0) is 80.6 Å². The molecule has 3 rings (SSSR count). The minimum Gasteiger partial charge on any atom is -0.497 e. The predicted molar refractivity (Wildman–Crippen MR) is 155 cm³/mol. The van der Waals surface area contributed by atoms with E-state index in [0.717, 1.165) is 0 Å². The number of hydrogen-bond acceptors (Lipinski definition) is 7. The van der Waals surface area contributed by atoms with Gasteiger partial charge in [-0.3, -0.25) is 19.3 Å². The van der Waals surface area contributed by atoms with Crippen LogP contribution in [0.15, 0.2) is 66.0 Å². The molecule has 3 aromatic rings. The molecule has 3 amide bonds. The summed E-state index contributed by atoms with van der Waals surface area (Å²) in [5, 5.41) is 7.48. The fourth-order valence-electron chi connectivity index (χ4n) is 3.87. The van der Waals surface area contributed by atoms with Gasteiger partial charge in [-0.1, -0.05) is 25.1 Å². The van der Waals surface area contributed by atoms with E-state index in [1.807, 2.05) is 20.8 Å². The van der Waals surface area contributed by atoms with Gasteiger partial charge in [-0.15, -0.1) is 11.3 Å². The summed E-state index contributed by atoms with van der Waals surface area (Å²) in [4.78, 5) is 54.4. The van der Waals surface area contributed by atoms with E-state index in [2.05, 4.69) is 10.6 Å². The number of hydrogen-bond donors (Lipinski definition) is 2. The van der Waals surface area contributed by atoms with Crippen LogP contribution in [-0.4, -0.2) is 49.5 Å². The number of carbonyl (C=O) groups is 4. The van der Waals surface area contributed by atoms with Gasteiger partial charge >= 0.3 is 5.97 Å². The molecule has 9 nitrogen and oxygen atoms in total. The first-order valence-corrected chi connectivity index (χ1v) is 13.8. The summed E-state index contributed by atoms with van der Waals surface area (Å²) >= 11 is 1.26. The van der Waals surface area contributed by atoms with Gasteiger partial charge in [0.05, 0.1) is 30.7 Å². The van der Waals surface area contributed by atoms with Crippen molar-refractivity contribution in [2.24, 2.45) is 0 Å². The van der Waals surface area contributed by atoms with Crippen molar-refractivity contribution in [1.29, 1.82) is 0 Å². The minimum absolute atomic E-state index is 0.223. The SMILES string of the molecule is CCOC(=O)c1ccc(N(C(=O)CNC(=O)c2cccs2)[C@H](C(=O)NC(C)(C)CC)c2cccc(OC)c2)cc1. The molecule has 0 bridgehead atoms. The molecule has 212 valence electrons. The van der Waals surface area contributed by atoms with Crippen LogP contribution in [0.4, 0.5) is 5.69 Å². The maximum atomic E-state index is 13.9. The topological polar surface area (TPSA) is 114 Å². The molecular weight excluding hydrogens is 530 g/mol. The molecule has 1 aromatic heterocycles. The molecule has 0 saturated heterocycles. The van der Waals surface area contributed by atoms with Crippen molar-refractivity contribution >= 4 is 40.7 Å². The van der Waals surface area contributed by atoms with Gasteiger partial charge in [0.1, 0.15) is 11.8 Å². The highest BCUT2D eigenvalue weighted by Crippen LogP contribution is 2.31. The predicted octanol–water partition coefficient (Wildman–Crippen LogP) is 4.74. The monoisotopic (exact) mass is 565 g/mol. The van der Waals surface area contributed by atoms with Gasteiger partial charge in [-0.25, -0.2) is 4.79 Å². The van der Waals surface area contributed by atoms with Crippen LogP contribution in [-0.2, 0) is 14.3 Å². The molecule has 0 aliphatic rings. The van der Waals surface area contributed by atoms with Gasteiger partial charge < -0.3 is 20.1 Å². The van der Waals surface area contributed by atoms with Crippen molar-refractivity contribution in [3.8, 4) is 5.75 Å². The van der Waals surface area contributed by atoms with Gasteiger partial charge in [0.15, 0.2) is 0 Å². The molecule has 0 fully saturated rings. The van der Waals surface area contributed by atoms with E-state index in [1.54, 1.807) is 60.8 Å². The Morgan fingerprint density at radius 3 is 2.33 bits per heavy atom. The first-order chi connectivity index (χ1) is 19.1. The molecule has 0 saturated carbocycles. The Morgan fingerprint density at radius 2 is 1.73 bits per heavy atom. The Morgan fingerprint density at radius 1 is 1.00 bits per heavy atom. The van der Waals surface area contributed by atoms with E-state index in [-0.39, 0.29) is 13.2 Å². The van der Waals surface area contributed by atoms with Crippen LogP contribution in [0.2, 0.25) is 0 Å². The third-order valence-corrected chi connectivity index (χ3v) is 7.20. The second-order valence-corrected chi connectivity index (χ2v) is 10.5. The zero-order valence-corrected chi connectivity index (χ0v) is 24.2. The average molecular weight is 566 g/mol. The maximum Gasteiger partial charge on any atom is 0.338 e. The fourth-order valence-corrected chi connectivity index (χ4v) is 4.51. The molecule has 2 aromatic carbocycles. The van der Waals surface area contributed by atoms with Crippen LogP contribution < -0.4 is 20.3 Å². The Labute approximate surface area is 238 Å². The summed E-state index contributed by atoms with van der Waals surface area (Å²) < 4.78 is 10.5. The summed E-state index contributed by atoms with van der Waals surface area (Å²) in [5.74, 6) is -1.31. The minimum atomic E-state index is -1.11. The molecule has 2 N–H and O–H groups in total. The third-order valence-electron chi connectivity index (χ3n) is 6.33. The largest absolute Gasteiger partial charge is 0.497 e. The number of nitrogens with one attached hydrogen (secondary N) is 2. The van der Waals surface area contributed by atoms with Crippen molar-refractivity contribution in [3.05, 3.63) is 82.0 Å². The van der Waals surface area contributed by atoms with Crippen molar-refractivity contribution in [2.45, 2.75) is 45.7 Å². The normalized spacial score (nSPS) is 11.7. The average Bonchev–Trinajstić information content (AvgIpc) is 3.50. The highest BCUT2D eigenvalue weighted by molar-refractivity contribution is 7.12. The molecule has 1 heterocycles. The number of nitrogens with zero attached hydrogens (tertiary/aromatic N) is 1. The van der Waals surface area contributed by atoms with Gasteiger partial charge in [0.25, 0.3) is 5.91 Å². The Bertz CT molecular complexity index is 1320. The zero-order chi connectivity index (χ0) is 29.3. The molecule has 1 atom stereocenters. The molecule has 0 aliphatic heterocycles. The Balaban J connectivity index is 2.08. The smallest absolute Gasteiger partial charge is 0.338 e. The standard InChI is InChI=1S/C30H35N3O6S/c1-6-30(3,4)32-28(36)26(21-10-8-11-23(18-21)38-5)33(22-15-13-20(14-16-22)29(37)39-7-2)25(34)19-31-27(35)24-12-9-17-40-24/h8-18,26H,6-7,19H2,1-5H3,(H,31,35)(H,32,36)/t26-/m0/s1. The molecule has 0 spiro atoms. The number of esters is 1. The highest BCUT2D eigenvalue weighted by Gasteiger charge is 2.35. The van der Waals surface area contributed by atoms with Crippen LogP contribution in [0.25, 0.3) is 0 Å². The quantitative estimate of drug-likeness (QED) is 0.307. The zero-order valence-electron chi connectivity index (χ0n) is 23.4. The highest BCUT2D eigenvalue weighted by atomic mass is 32.1. The third kappa shape index (κ3) is 7.69. The van der Waals surface area contributed by atoms with E-state index in [9.17, 15) is 19.2 Å². The van der Waals surface area contributed by atoms with Crippen molar-refractivity contribution in [3.63, 3.8) is 0 Å². The number of ether oxygens (including phenoxy) is 2. The van der Waals surface area contributed by atoms with E-state index in [4.69, 9.17) is 9.47 Å². The molecule has 0 radical (unpaired) electrons. The lowest BCUT2D eigenvalue weighted by molar-refractivity contribution is -0.127. The van der Waals surface area contributed by atoms with E-state index in [1.165, 1.54) is 35.5 Å². The number of methoxy groups -OCH3 is 1. The lowest BCUT2D eigenvalue weighted by Gasteiger charge is -2.35. The Kier molecular flexibility index (Phi) is 10.4. The first-order valence-electron chi connectivity index (χ1n) is 13.0. The second-order valence-electron chi connectivity index (χ2n) is 9.60. The van der Waals surface area contributed by atoms with E-state index in [0.29, 0.717) is 33.9 Å².